The van der Waals surface area contributed by atoms with Gasteiger partial charge in [0, 0.05) is 37.4 Å². The second-order valence-electron chi connectivity index (χ2n) is 4.60. The van der Waals surface area contributed by atoms with Crippen molar-refractivity contribution in [3.63, 3.8) is 0 Å². The number of anilines is 2. The number of aromatic nitrogens is 2. The van der Waals surface area contributed by atoms with E-state index in [2.05, 4.69) is 9.97 Å². The smallest absolute Gasteiger partial charge is 0.228 e. The number of amides is 1. The van der Waals surface area contributed by atoms with Gasteiger partial charge in [0.15, 0.2) is 5.12 Å². The van der Waals surface area contributed by atoms with Gasteiger partial charge in [0.1, 0.15) is 5.82 Å². The predicted octanol–water partition coefficient (Wildman–Crippen LogP) is 1.000. The molecule has 0 spiro atoms. The van der Waals surface area contributed by atoms with Gasteiger partial charge in [-0.1, -0.05) is 11.8 Å². The van der Waals surface area contributed by atoms with Crippen LogP contribution in [0.5, 0.6) is 0 Å². The molecule has 1 fully saturated rings. The molecular formula is C12H16N4O2S. The molecule has 1 atom stereocenters. The van der Waals surface area contributed by atoms with Crippen molar-refractivity contribution in [3.05, 3.63) is 11.8 Å². The van der Waals surface area contributed by atoms with Crippen molar-refractivity contribution >= 4 is 34.6 Å². The molecule has 2 heterocycles. The molecule has 0 bridgehead atoms. The Hall–Kier alpha value is -1.63. The summed E-state index contributed by atoms with van der Waals surface area (Å²) in [4.78, 5) is 32.6. The molecule has 2 N–H and O–H groups in total. The summed E-state index contributed by atoms with van der Waals surface area (Å²) in [6.07, 6.45) is 0.448. The summed E-state index contributed by atoms with van der Waals surface area (Å²) >= 11 is 1.26. The van der Waals surface area contributed by atoms with Crippen molar-refractivity contribution < 1.29 is 9.59 Å². The zero-order valence-electron chi connectivity index (χ0n) is 10.9. The third-order valence-corrected chi connectivity index (χ3v) is 3.91. The lowest BCUT2D eigenvalue weighted by molar-refractivity contribution is -0.117. The summed E-state index contributed by atoms with van der Waals surface area (Å²) < 4.78 is 0. The average molecular weight is 280 g/mol. The molecule has 1 aliphatic heterocycles. The number of nitrogen functional groups attached to an aromatic ring is 1. The topological polar surface area (TPSA) is 89.2 Å². The number of hydrogen-bond donors (Lipinski definition) is 1. The molecule has 1 saturated heterocycles. The van der Waals surface area contributed by atoms with Crippen LogP contribution in [0, 0.1) is 12.8 Å². The Labute approximate surface area is 115 Å². The molecule has 1 aliphatic rings. The van der Waals surface area contributed by atoms with E-state index in [-0.39, 0.29) is 22.9 Å². The minimum Gasteiger partial charge on any atom is -0.368 e. The summed E-state index contributed by atoms with van der Waals surface area (Å²) in [7, 11) is 0. The molecule has 0 aromatic carbocycles. The maximum absolute atomic E-state index is 12.0. The molecule has 1 aromatic heterocycles. The van der Waals surface area contributed by atoms with Crippen molar-refractivity contribution in [1.82, 2.24) is 9.97 Å². The van der Waals surface area contributed by atoms with Crippen molar-refractivity contribution in [2.75, 3.05) is 22.9 Å². The molecule has 0 saturated carbocycles. The summed E-state index contributed by atoms with van der Waals surface area (Å²) in [5.41, 5.74) is 6.33. The van der Waals surface area contributed by atoms with Gasteiger partial charge in [-0.15, -0.1) is 0 Å². The van der Waals surface area contributed by atoms with E-state index in [1.165, 1.54) is 18.7 Å². The molecule has 19 heavy (non-hydrogen) atoms. The van der Waals surface area contributed by atoms with Crippen molar-refractivity contribution in [2.24, 2.45) is 5.92 Å². The third kappa shape index (κ3) is 3.44. The molecule has 0 radical (unpaired) electrons. The normalized spacial score (nSPS) is 18.9. The number of thioether (sulfide) groups is 1. The molecule has 6 nitrogen and oxygen atoms in total. The van der Waals surface area contributed by atoms with Crippen molar-refractivity contribution in [2.45, 2.75) is 20.3 Å². The number of hydrogen-bond acceptors (Lipinski definition) is 6. The summed E-state index contributed by atoms with van der Waals surface area (Å²) in [5, 5.41) is 0.0769. The van der Waals surface area contributed by atoms with Gasteiger partial charge in [-0.25, -0.2) is 4.98 Å². The monoisotopic (exact) mass is 280 g/mol. The van der Waals surface area contributed by atoms with Gasteiger partial charge in [-0.2, -0.15) is 4.98 Å². The van der Waals surface area contributed by atoms with Gasteiger partial charge in [0.05, 0.1) is 0 Å². The lowest BCUT2D eigenvalue weighted by Gasteiger charge is -2.16. The van der Waals surface area contributed by atoms with E-state index in [0.717, 1.165) is 5.69 Å². The fourth-order valence-corrected chi connectivity index (χ4v) is 2.76. The molecule has 0 aliphatic carbocycles. The average Bonchev–Trinajstić information content (AvgIpc) is 2.66. The van der Waals surface area contributed by atoms with Crippen LogP contribution in [0.2, 0.25) is 0 Å². The second kappa shape index (κ2) is 5.56. The Balaban J connectivity index is 2.09. The fourth-order valence-electron chi connectivity index (χ4n) is 2.06. The van der Waals surface area contributed by atoms with Gasteiger partial charge in [0.25, 0.3) is 0 Å². The number of carbonyl (C=O) groups excluding carboxylic acids is 2. The lowest BCUT2D eigenvalue weighted by Crippen LogP contribution is -2.26. The highest BCUT2D eigenvalue weighted by Crippen LogP contribution is 2.26. The van der Waals surface area contributed by atoms with Crippen LogP contribution in [0.15, 0.2) is 6.07 Å². The number of carbonyl (C=O) groups is 2. The summed E-state index contributed by atoms with van der Waals surface area (Å²) in [6, 6.07) is 1.74. The first kappa shape index (κ1) is 13.8. The van der Waals surface area contributed by atoms with Gasteiger partial charge in [-0.3, -0.25) is 14.5 Å². The number of nitrogens with two attached hydrogens (primary N) is 1. The SMILES string of the molecule is CC(=O)SCC1CC(=O)N(c2cc(C)nc(N)n2)C1. The van der Waals surface area contributed by atoms with E-state index in [1.54, 1.807) is 11.0 Å². The van der Waals surface area contributed by atoms with Crippen LogP contribution < -0.4 is 10.6 Å². The van der Waals surface area contributed by atoms with Crippen LogP contribution in [0.4, 0.5) is 11.8 Å². The van der Waals surface area contributed by atoms with Gasteiger partial charge in [0.2, 0.25) is 11.9 Å². The Morgan fingerprint density at radius 3 is 2.95 bits per heavy atom. The first-order chi connectivity index (χ1) is 8.95. The third-order valence-electron chi connectivity index (χ3n) is 2.86. The Bertz CT molecular complexity index is 500. The van der Waals surface area contributed by atoms with Crippen molar-refractivity contribution in [3.8, 4) is 0 Å². The minimum atomic E-state index is 0.0200. The van der Waals surface area contributed by atoms with Gasteiger partial charge < -0.3 is 5.73 Å². The van der Waals surface area contributed by atoms with Crippen LogP contribution >= 0.6 is 11.8 Å². The maximum Gasteiger partial charge on any atom is 0.228 e. The highest BCUT2D eigenvalue weighted by molar-refractivity contribution is 8.13. The summed E-state index contributed by atoms with van der Waals surface area (Å²) in [6.45, 7) is 3.92. The summed E-state index contributed by atoms with van der Waals surface area (Å²) in [5.74, 6) is 1.58. The molecule has 1 amide bonds. The quantitative estimate of drug-likeness (QED) is 0.888. The Morgan fingerprint density at radius 1 is 1.58 bits per heavy atom. The zero-order chi connectivity index (χ0) is 14.0. The van der Waals surface area contributed by atoms with Gasteiger partial charge >= 0.3 is 0 Å². The molecular weight excluding hydrogens is 264 g/mol. The van der Waals surface area contributed by atoms with E-state index >= 15 is 0 Å². The van der Waals surface area contributed by atoms with Gasteiger partial charge in [-0.05, 0) is 12.8 Å². The predicted molar refractivity (Wildman–Crippen MR) is 74.8 cm³/mol. The van der Waals surface area contributed by atoms with Crippen LogP contribution in [0.3, 0.4) is 0 Å². The first-order valence-electron chi connectivity index (χ1n) is 6.00. The Morgan fingerprint density at radius 2 is 2.32 bits per heavy atom. The first-order valence-corrected chi connectivity index (χ1v) is 6.99. The van der Waals surface area contributed by atoms with E-state index in [0.29, 0.717) is 24.5 Å². The molecule has 2 rings (SSSR count). The Kier molecular flexibility index (Phi) is 4.04. The maximum atomic E-state index is 12.0. The largest absolute Gasteiger partial charge is 0.368 e. The molecule has 1 aromatic rings. The number of aryl methyl sites for hydroxylation is 1. The van der Waals surface area contributed by atoms with Crippen LogP contribution in [0.1, 0.15) is 19.0 Å². The van der Waals surface area contributed by atoms with E-state index < -0.39 is 0 Å². The van der Waals surface area contributed by atoms with Crippen LogP contribution in [-0.2, 0) is 9.59 Å². The van der Waals surface area contributed by atoms with E-state index in [1.807, 2.05) is 6.92 Å². The van der Waals surface area contributed by atoms with Crippen LogP contribution in [0.25, 0.3) is 0 Å². The highest BCUT2D eigenvalue weighted by Gasteiger charge is 2.31. The fraction of sp³-hybridized carbons (Fsp3) is 0.500. The van der Waals surface area contributed by atoms with Crippen LogP contribution in [-0.4, -0.2) is 33.3 Å². The van der Waals surface area contributed by atoms with Crippen molar-refractivity contribution in [1.29, 1.82) is 0 Å². The zero-order valence-corrected chi connectivity index (χ0v) is 11.7. The number of rotatable bonds is 3. The molecule has 7 heteroatoms. The molecule has 102 valence electrons. The van der Waals surface area contributed by atoms with E-state index in [9.17, 15) is 9.59 Å². The standard InChI is InChI=1S/C12H16N4O2S/c1-7-3-10(15-12(13)14-7)16-5-9(4-11(16)18)6-19-8(2)17/h3,9H,4-6H2,1-2H3,(H2,13,14,15). The number of nitrogens with zero attached hydrogens (tertiary/aromatic N) is 3. The minimum absolute atomic E-state index is 0.0200. The second-order valence-corrected chi connectivity index (χ2v) is 5.80. The van der Waals surface area contributed by atoms with E-state index in [4.69, 9.17) is 5.73 Å². The highest BCUT2D eigenvalue weighted by atomic mass is 32.2. The lowest BCUT2D eigenvalue weighted by atomic mass is 10.1. The molecule has 1 unspecified atom stereocenters.